The molecular weight excluding hydrogens is 361 g/mol. The van der Waals surface area contributed by atoms with Crippen molar-refractivity contribution < 1.29 is 18.5 Å². The molecule has 0 spiro atoms. The monoisotopic (exact) mass is 373 g/mol. The van der Waals surface area contributed by atoms with Gasteiger partial charge in [-0.25, -0.2) is 4.79 Å². The van der Waals surface area contributed by atoms with Crippen molar-refractivity contribution in [3.05, 3.63) is 23.5 Å². The Morgan fingerprint density at radius 2 is 2.00 bits per heavy atom. The number of esters is 1. The maximum Gasteiger partial charge on any atom is 0.354 e. The predicted octanol–water partition coefficient (Wildman–Crippen LogP) is 2.77. The predicted molar refractivity (Wildman–Crippen MR) is 84.0 cm³/mol. The van der Waals surface area contributed by atoms with Gasteiger partial charge >= 0.3 is 5.97 Å². The Labute approximate surface area is 139 Å². The van der Waals surface area contributed by atoms with Crippen LogP contribution in [0.5, 0.6) is 0 Å². The molecule has 5 nitrogen and oxygen atoms in total. The third-order valence-corrected chi connectivity index (χ3v) is 4.18. The summed E-state index contributed by atoms with van der Waals surface area (Å²) in [5.41, 5.74) is 0.206. The minimum atomic E-state index is -2.11. The topological polar surface area (TPSA) is 65.4 Å². The van der Waals surface area contributed by atoms with Crippen LogP contribution < -0.4 is 0 Å². The molecule has 0 saturated heterocycles. The second-order valence-electron chi connectivity index (χ2n) is 4.43. The molecule has 1 heterocycles. The molecule has 2 atom stereocenters. The molecular formula is C12H14Cl3NO4S. The number of aromatic nitrogens is 1. The molecule has 0 aliphatic heterocycles. The summed E-state index contributed by atoms with van der Waals surface area (Å²) in [6.07, 6.45) is 2.94. The molecule has 1 rings (SSSR count). The summed E-state index contributed by atoms with van der Waals surface area (Å²) in [5, 5.41) is 0. The summed E-state index contributed by atoms with van der Waals surface area (Å²) in [7, 11) is 0.147. The Morgan fingerprint density at radius 1 is 1.43 bits per heavy atom. The van der Waals surface area contributed by atoms with Crippen molar-refractivity contribution in [3.8, 4) is 0 Å². The molecule has 1 aromatic heterocycles. The standard InChI is InChI=1S/C12H14Cl3NO4S/c1-7(6-21(3)19)16-5-8(10(17)12(13,14)15)4-9(16)11(18)20-2/h4-5,7H,6H2,1-3H3. The first kappa shape index (κ1) is 18.5. The Morgan fingerprint density at radius 3 is 2.43 bits per heavy atom. The van der Waals surface area contributed by atoms with Crippen LogP contribution in [-0.2, 0) is 15.5 Å². The van der Waals surface area contributed by atoms with Gasteiger partial charge in [0.25, 0.3) is 3.79 Å². The zero-order valence-corrected chi connectivity index (χ0v) is 14.6. The van der Waals surface area contributed by atoms with E-state index >= 15 is 0 Å². The van der Waals surface area contributed by atoms with E-state index in [-0.39, 0.29) is 17.3 Å². The van der Waals surface area contributed by atoms with Gasteiger partial charge in [0, 0.05) is 40.6 Å². The van der Waals surface area contributed by atoms with Gasteiger partial charge in [-0.3, -0.25) is 9.00 Å². The number of halogens is 3. The first-order valence-electron chi connectivity index (χ1n) is 5.79. The van der Waals surface area contributed by atoms with Crippen LogP contribution in [0.3, 0.4) is 0 Å². The Hall–Kier alpha value is -0.560. The molecule has 21 heavy (non-hydrogen) atoms. The number of ether oxygens (including phenoxy) is 1. The second kappa shape index (κ2) is 7.13. The van der Waals surface area contributed by atoms with Gasteiger partial charge in [-0.1, -0.05) is 34.8 Å². The lowest BCUT2D eigenvalue weighted by atomic mass is 10.2. The quantitative estimate of drug-likeness (QED) is 0.451. The zero-order valence-electron chi connectivity index (χ0n) is 11.6. The number of carbonyl (C=O) groups is 2. The molecule has 2 unspecified atom stereocenters. The number of nitrogens with zero attached hydrogens (tertiary/aromatic N) is 1. The third kappa shape index (κ3) is 4.71. The van der Waals surface area contributed by atoms with Gasteiger partial charge in [0.05, 0.1) is 7.11 Å². The van der Waals surface area contributed by atoms with Gasteiger partial charge in [-0.15, -0.1) is 0 Å². The maximum absolute atomic E-state index is 12.0. The second-order valence-corrected chi connectivity index (χ2v) is 8.19. The average molecular weight is 375 g/mol. The Bertz CT molecular complexity index is 580. The van der Waals surface area contributed by atoms with Crippen LogP contribution in [0.1, 0.15) is 33.8 Å². The van der Waals surface area contributed by atoms with E-state index < -0.39 is 26.3 Å². The van der Waals surface area contributed by atoms with Crippen LogP contribution in [0, 0.1) is 0 Å². The normalized spacial score (nSPS) is 14.6. The number of hydrogen-bond donors (Lipinski definition) is 0. The summed E-state index contributed by atoms with van der Waals surface area (Å²) >= 11 is 16.7. The van der Waals surface area contributed by atoms with E-state index in [2.05, 4.69) is 4.74 Å². The number of rotatable bonds is 5. The SMILES string of the molecule is COC(=O)c1cc(C(=O)C(Cl)(Cl)Cl)cn1C(C)CS(C)=O. The number of alkyl halides is 3. The molecule has 0 N–H and O–H groups in total. The van der Waals surface area contributed by atoms with Crippen LogP contribution in [0.2, 0.25) is 0 Å². The molecule has 0 aliphatic carbocycles. The van der Waals surface area contributed by atoms with Crippen molar-refractivity contribution in [2.24, 2.45) is 0 Å². The van der Waals surface area contributed by atoms with Gasteiger partial charge in [-0.05, 0) is 13.0 Å². The van der Waals surface area contributed by atoms with Crippen molar-refractivity contribution >= 4 is 57.4 Å². The van der Waals surface area contributed by atoms with E-state index in [9.17, 15) is 13.8 Å². The summed E-state index contributed by atoms with van der Waals surface area (Å²) < 4.78 is 15.4. The minimum Gasteiger partial charge on any atom is -0.464 e. The molecule has 9 heteroatoms. The van der Waals surface area contributed by atoms with Crippen LogP contribution in [0.15, 0.2) is 12.3 Å². The molecule has 0 amide bonds. The Balaban J connectivity index is 3.28. The largest absolute Gasteiger partial charge is 0.464 e. The highest BCUT2D eigenvalue weighted by molar-refractivity contribution is 7.84. The fourth-order valence-corrected chi connectivity index (χ4v) is 2.99. The van der Waals surface area contributed by atoms with Crippen molar-refractivity contribution in [2.45, 2.75) is 16.8 Å². The smallest absolute Gasteiger partial charge is 0.354 e. The number of Topliss-reactive ketones (excluding diaryl/α,β-unsaturated/α-hetero) is 1. The van der Waals surface area contributed by atoms with Crippen LogP contribution in [-0.4, -0.2) is 43.4 Å². The van der Waals surface area contributed by atoms with Crippen molar-refractivity contribution in [1.82, 2.24) is 4.57 Å². The lowest BCUT2D eigenvalue weighted by Crippen LogP contribution is -2.19. The van der Waals surface area contributed by atoms with E-state index in [0.29, 0.717) is 5.75 Å². The lowest BCUT2D eigenvalue weighted by molar-refractivity contribution is 0.0587. The molecule has 1 aromatic rings. The fraction of sp³-hybridized carbons (Fsp3) is 0.500. The van der Waals surface area contributed by atoms with Crippen LogP contribution >= 0.6 is 34.8 Å². The molecule has 0 radical (unpaired) electrons. The highest BCUT2D eigenvalue weighted by Crippen LogP contribution is 2.31. The van der Waals surface area contributed by atoms with Crippen molar-refractivity contribution in [3.63, 3.8) is 0 Å². The number of methoxy groups -OCH3 is 1. The van der Waals surface area contributed by atoms with Crippen molar-refractivity contribution in [1.29, 1.82) is 0 Å². The highest BCUT2D eigenvalue weighted by Gasteiger charge is 2.34. The van der Waals surface area contributed by atoms with E-state index in [0.717, 1.165) is 0 Å². The molecule has 0 saturated carbocycles. The highest BCUT2D eigenvalue weighted by atomic mass is 35.6. The lowest BCUT2D eigenvalue weighted by Gasteiger charge is -2.15. The zero-order chi connectivity index (χ0) is 16.4. The summed E-state index contributed by atoms with van der Waals surface area (Å²) in [5.74, 6) is -1.08. The van der Waals surface area contributed by atoms with Crippen molar-refractivity contribution in [2.75, 3.05) is 19.1 Å². The van der Waals surface area contributed by atoms with Gasteiger partial charge in [0.15, 0.2) is 0 Å². The molecule has 0 fully saturated rings. The molecule has 0 bridgehead atoms. The van der Waals surface area contributed by atoms with E-state index in [1.165, 1.54) is 23.9 Å². The average Bonchev–Trinajstić information content (AvgIpc) is 2.79. The number of hydrogen-bond acceptors (Lipinski definition) is 4. The van der Waals surface area contributed by atoms with Crippen LogP contribution in [0.25, 0.3) is 0 Å². The molecule has 0 aromatic carbocycles. The summed E-state index contributed by atoms with van der Waals surface area (Å²) in [6.45, 7) is 1.76. The third-order valence-electron chi connectivity index (χ3n) is 2.71. The van der Waals surface area contributed by atoms with Gasteiger partial charge < -0.3 is 9.30 Å². The molecule has 118 valence electrons. The fourth-order valence-electron chi connectivity index (χ4n) is 1.82. The summed E-state index contributed by atoms with van der Waals surface area (Å²) in [4.78, 5) is 23.7. The first-order valence-corrected chi connectivity index (χ1v) is 8.65. The number of ketones is 1. The maximum atomic E-state index is 12.0. The first-order chi connectivity index (χ1) is 9.57. The molecule has 0 aliphatic rings. The van der Waals surface area contributed by atoms with E-state index in [1.807, 2.05) is 0 Å². The number of carbonyl (C=O) groups excluding carboxylic acids is 2. The van der Waals surface area contributed by atoms with Gasteiger partial charge in [0.2, 0.25) is 5.78 Å². The Kier molecular flexibility index (Phi) is 6.28. The van der Waals surface area contributed by atoms with E-state index in [4.69, 9.17) is 34.8 Å². The van der Waals surface area contributed by atoms with Gasteiger partial charge in [0.1, 0.15) is 5.69 Å². The van der Waals surface area contributed by atoms with E-state index in [1.54, 1.807) is 13.2 Å². The minimum absolute atomic E-state index is 0.0733. The summed E-state index contributed by atoms with van der Waals surface area (Å²) in [6, 6.07) is 1.01. The van der Waals surface area contributed by atoms with Crippen LogP contribution in [0.4, 0.5) is 0 Å². The van der Waals surface area contributed by atoms with Gasteiger partial charge in [-0.2, -0.15) is 0 Å².